The molecule has 1 atom stereocenters. The van der Waals surface area contributed by atoms with Gasteiger partial charge in [0.15, 0.2) is 0 Å². The van der Waals surface area contributed by atoms with Crippen molar-refractivity contribution in [1.29, 1.82) is 0 Å². The third-order valence-corrected chi connectivity index (χ3v) is 4.25. The second kappa shape index (κ2) is 5.08. The molecule has 1 amide bonds. The van der Waals surface area contributed by atoms with Gasteiger partial charge in [-0.1, -0.05) is 13.0 Å². The first kappa shape index (κ1) is 12.4. The van der Waals surface area contributed by atoms with E-state index < -0.39 is 0 Å². The van der Waals surface area contributed by atoms with Gasteiger partial charge in [0.05, 0.1) is 10.0 Å². The highest BCUT2D eigenvalue weighted by Gasteiger charge is 2.29. The summed E-state index contributed by atoms with van der Waals surface area (Å²) < 4.78 is 0.715. The van der Waals surface area contributed by atoms with Crippen LogP contribution in [-0.4, -0.2) is 23.4 Å². The van der Waals surface area contributed by atoms with Crippen LogP contribution in [0.1, 0.15) is 36.5 Å². The van der Waals surface area contributed by atoms with Gasteiger partial charge < -0.3 is 10.6 Å². The van der Waals surface area contributed by atoms with Gasteiger partial charge in [-0.25, -0.2) is 0 Å². The molecule has 92 valence electrons. The lowest BCUT2D eigenvalue weighted by atomic mass is 10.1. The van der Waals surface area contributed by atoms with Gasteiger partial charge in [-0.15, -0.1) is 0 Å². The van der Waals surface area contributed by atoms with Crippen molar-refractivity contribution in [3.05, 3.63) is 28.2 Å². The fourth-order valence-corrected chi connectivity index (χ4v) is 2.83. The molecular weight excluding hydrogens is 280 g/mol. The third-order valence-electron chi connectivity index (χ3n) is 3.37. The first-order valence-corrected chi connectivity index (χ1v) is 6.79. The molecule has 1 aromatic rings. The molecule has 1 unspecified atom stereocenters. The number of nitrogen functional groups attached to an aromatic ring is 1. The normalized spacial score (nSPS) is 19.6. The maximum Gasteiger partial charge on any atom is 0.255 e. The number of rotatable bonds is 2. The molecule has 0 saturated carbocycles. The fourth-order valence-electron chi connectivity index (χ4n) is 2.40. The Bertz CT molecular complexity index is 433. The molecule has 2 rings (SSSR count). The van der Waals surface area contributed by atoms with Gasteiger partial charge in [0.2, 0.25) is 0 Å². The van der Waals surface area contributed by atoms with E-state index >= 15 is 0 Å². The van der Waals surface area contributed by atoms with Crippen LogP contribution in [0.15, 0.2) is 22.7 Å². The van der Waals surface area contributed by atoms with Crippen molar-refractivity contribution in [3.8, 4) is 0 Å². The number of anilines is 1. The van der Waals surface area contributed by atoms with E-state index in [1.165, 1.54) is 0 Å². The van der Waals surface area contributed by atoms with Crippen molar-refractivity contribution >= 4 is 27.5 Å². The quantitative estimate of drug-likeness (QED) is 0.853. The highest BCUT2D eigenvalue weighted by Crippen LogP contribution is 2.28. The molecule has 0 radical (unpaired) electrons. The van der Waals surface area contributed by atoms with Crippen LogP contribution in [0.3, 0.4) is 0 Å². The molecule has 17 heavy (non-hydrogen) atoms. The number of nitrogens with zero attached hydrogens (tertiary/aromatic N) is 1. The Morgan fingerprint density at radius 3 is 3.06 bits per heavy atom. The van der Waals surface area contributed by atoms with E-state index in [2.05, 4.69) is 22.9 Å². The minimum absolute atomic E-state index is 0.0912. The Morgan fingerprint density at radius 2 is 2.35 bits per heavy atom. The largest absolute Gasteiger partial charge is 0.398 e. The lowest BCUT2D eigenvalue weighted by Gasteiger charge is -2.24. The molecule has 1 aliphatic heterocycles. The standard InChI is InChI=1S/C13H17BrN2O/c1-2-9-5-4-8-16(9)13(17)10-6-3-7-11(15)12(10)14/h3,6-7,9H,2,4-5,8,15H2,1H3. The maximum atomic E-state index is 12.4. The number of carbonyl (C=O) groups excluding carboxylic acids is 1. The Kier molecular flexibility index (Phi) is 3.72. The topological polar surface area (TPSA) is 46.3 Å². The van der Waals surface area contributed by atoms with Crippen LogP contribution in [0.5, 0.6) is 0 Å². The van der Waals surface area contributed by atoms with E-state index in [9.17, 15) is 4.79 Å². The second-order valence-electron chi connectivity index (χ2n) is 4.41. The summed E-state index contributed by atoms with van der Waals surface area (Å²) in [7, 11) is 0. The SMILES string of the molecule is CCC1CCCN1C(=O)c1cccc(N)c1Br. The number of nitrogens with two attached hydrogens (primary N) is 1. The number of amides is 1. The average Bonchev–Trinajstić information content (AvgIpc) is 2.80. The molecule has 1 fully saturated rings. The third kappa shape index (κ3) is 2.32. The number of likely N-dealkylation sites (tertiary alicyclic amines) is 1. The van der Waals surface area contributed by atoms with E-state index in [1.807, 2.05) is 17.0 Å². The van der Waals surface area contributed by atoms with E-state index in [4.69, 9.17) is 5.73 Å². The molecule has 4 heteroatoms. The molecule has 1 saturated heterocycles. The van der Waals surface area contributed by atoms with Crippen molar-refractivity contribution in [2.45, 2.75) is 32.2 Å². The summed E-state index contributed by atoms with van der Waals surface area (Å²) >= 11 is 3.40. The van der Waals surface area contributed by atoms with Crippen molar-refractivity contribution in [1.82, 2.24) is 4.90 Å². The van der Waals surface area contributed by atoms with Crippen LogP contribution < -0.4 is 5.73 Å². The van der Waals surface area contributed by atoms with Crippen LogP contribution in [0.2, 0.25) is 0 Å². The van der Waals surface area contributed by atoms with Gasteiger partial charge in [0, 0.05) is 18.3 Å². The molecule has 0 bridgehead atoms. The lowest BCUT2D eigenvalue weighted by molar-refractivity contribution is 0.0733. The van der Waals surface area contributed by atoms with Gasteiger partial charge in [-0.2, -0.15) is 0 Å². The molecule has 1 aromatic carbocycles. The molecule has 2 N–H and O–H groups in total. The molecule has 0 aliphatic carbocycles. The predicted octanol–water partition coefficient (Wildman–Crippen LogP) is 3.05. The molecular formula is C13H17BrN2O. The first-order valence-electron chi connectivity index (χ1n) is 6.00. The van der Waals surface area contributed by atoms with E-state index in [0.717, 1.165) is 25.8 Å². The first-order chi connectivity index (χ1) is 8.15. The summed E-state index contributed by atoms with van der Waals surface area (Å²) in [4.78, 5) is 14.4. The lowest BCUT2D eigenvalue weighted by Crippen LogP contribution is -2.35. The van der Waals surface area contributed by atoms with Crippen LogP contribution >= 0.6 is 15.9 Å². The number of carbonyl (C=O) groups is 1. The van der Waals surface area contributed by atoms with Gasteiger partial charge in [-0.3, -0.25) is 4.79 Å². The zero-order valence-corrected chi connectivity index (χ0v) is 11.5. The molecule has 0 aromatic heterocycles. The van der Waals surface area contributed by atoms with Crippen molar-refractivity contribution in [3.63, 3.8) is 0 Å². The van der Waals surface area contributed by atoms with Crippen molar-refractivity contribution in [2.75, 3.05) is 12.3 Å². The zero-order chi connectivity index (χ0) is 12.4. The van der Waals surface area contributed by atoms with Crippen LogP contribution in [0.4, 0.5) is 5.69 Å². The molecule has 1 heterocycles. The van der Waals surface area contributed by atoms with Crippen LogP contribution in [-0.2, 0) is 0 Å². The predicted molar refractivity (Wildman–Crippen MR) is 72.9 cm³/mol. The molecule has 1 aliphatic rings. The minimum Gasteiger partial charge on any atom is -0.398 e. The zero-order valence-electron chi connectivity index (χ0n) is 9.95. The summed E-state index contributed by atoms with van der Waals surface area (Å²) in [6.45, 7) is 2.99. The van der Waals surface area contributed by atoms with Crippen LogP contribution in [0.25, 0.3) is 0 Å². The van der Waals surface area contributed by atoms with Crippen molar-refractivity contribution in [2.24, 2.45) is 0 Å². The smallest absolute Gasteiger partial charge is 0.255 e. The number of benzene rings is 1. The summed E-state index contributed by atoms with van der Waals surface area (Å²) in [5.41, 5.74) is 7.09. The van der Waals surface area contributed by atoms with Crippen LogP contribution in [0, 0.1) is 0 Å². The van der Waals surface area contributed by atoms with Crippen molar-refractivity contribution < 1.29 is 4.79 Å². The summed E-state index contributed by atoms with van der Waals surface area (Å²) in [6, 6.07) is 5.83. The highest BCUT2D eigenvalue weighted by atomic mass is 79.9. The molecule has 3 nitrogen and oxygen atoms in total. The Labute approximate surface area is 110 Å². The summed E-state index contributed by atoms with van der Waals surface area (Å²) in [5, 5.41) is 0. The average molecular weight is 297 g/mol. The van der Waals surface area contributed by atoms with E-state index in [0.29, 0.717) is 21.8 Å². The number of hydrogen-bond donors (Lipinski definition) is 1. The Balaban J connectivity index is 2.28. The van der Waals surface area contributed by atoms with Gasteiger partial charge in [0.1, 0.15) is 0 Å². The van der Waals surface area contributed by atoms with Gasteiger partial charge in [-0.05, 0) is 47.3 Å². The second-order valence-corrected chi connectivity index (χ2v) is 5.20. The van der Waals surface area contributed by atoms with E-state index in [1.54, 1.807) is 6.07 Å². The number of hydrogen-bond acceptors (Lipinski definition) is 2. The monoisotopic (exact) mass is 296 g/mol. The van der Waals surface area contributed by atoms with Gasteiger partial charge >= 0.3 is 0 Å². The number of halogens is 1. The van der Waals surface area contributed by atoms with Gasteiger partial charge in [0.25, 0.3) is 5.91 Å². The highest BCUT2D eigenvalue weighted by molar-refractivity contribution is 9.10. The van der Waals surface area contributed by atoms with E-state index in [-0.39, 0.29) is 5.91 Å². The summed E-state index contributed by atoms with van der Waals surface area (Å²) in [6.07, 6.45) is 3.23. The Hall–Kier alpha value is -1.03. The maximum absolute atomic E-state index is 12.4. The fraction of sp³-hybridized carbons (Fsp3) is 0.462. The Morgan fingerprint density at radius 1 is 1.59 bits per heavy atom. The minimum atomic E-state index is 0.0912. The summed E-state index contributed by atoms with van der Waals surface area (Å²) in [5.74, 6) is 0.0912. The molecule has 0 spiro atoms.